The number of carbonyl (C=O) groups is 2. The zero-order valence-electron chi connectivity index (χ0n) is 11.9. The number of halogens is 1. The average molecular weight is 302 g/mol. The van der Waals surface area contributed by atoms with Crippen LogP contribution >= 0.6 is 0 Å². The predicted octanol–water partition coefficient (Wildman–Crippen LogP) is 1.97. The SMILES string of the molecule is Cc1cccc(C(=O)NNC(=O)COc2ccccc2F)c1. The van der Waals surface area contributed by atoms with Crippen LogP contribution in [-0.2, 0) is 4.79 Å². The van der Waals surface area contributed by atoms with Gasteiger partial charge in [-0.3, -0.25) is 20.4 Å². The molecule has 0 heterocycles. The molecule has 2 N–H and O–H groups in total. The summed E-state index contributed by atoms with van der Waals surface area (Å²) in [7, 11) is 0. The second-order valence-corrected chi connectivity index (χ2v) is 4.59. The summed E-state index contributed by atoms with van der Waals surface area (Å²) in [6.45, 7) is 1.45. The molecule has 0 aliphatic rings. The number of ether oxygens (including phenoxy) is 1. The smallest absolute Gasteiger partial charge is 0.276 e. The minimum absolute atomic E-state index is 0.0253. The van der Waals surface area contributed by atoms with Crippen LogP contribution in [0.2, 0.25) is 0 Å². The average Bonchev–Trinajstić information content (AvgIpc) is 2.52. The van der Waals surface area contributed by atoms with E-state index in [4.69, 9.17) is 4.74 Å². The fourth-order valence-electron chi connectivity index (χ4n) is 1.73. The molecule has 0 bridgehead atoms. The Balaban J connectivity index is 1.81. The summed E-state index contributed by atoms with van der Waals surface area (Å²) in [5, 5.41) is 0. The number of para-hydroxylation sites is 1. The van der Waals surface area contributed by atoms with Crippen LogP contribution in [0.15, 0.2) is 48.5 Å². The van der Waals surface area contributed by atoms with E-state index in [1.54, 1.807) is 24.3 Å². The quantitative estimate of drug-likeness (QED) is 0.849. The summed E-state index contributed by atoms with van der Waals surface area (Å²) >= 11 is 0. The van der Waals surface area contributed by atoms with Crippen LogP contribution in [0.25, 0.3) is 0 Å². The lowest BCUT2D eigenvalue weighted by Crippen LogP contribution is -2.43. The number of nitrogens with one attached hydrogen (secondary N) is 2. The van der Waals surface area contributed by atoms with Crippen LogP contribution < -0.4 is 15.6 Å². The number of aryl methyl sites for hydroxylation is 1. The Bertz CT molecular complexity index is 689. The molecule has 22 heavy (non-hydrogen) atoms. The van der Waals surface area contributed by atoms with Gasteiger partial charge in [0.1, 0.15) is 0 Å². The Hall–Kier alpha value is -2.89. The molecule has 5 nitrogen and oxygen atoms in total. The fourth-order valence-corrected chi connectivity index (χ4v) is 1.73. The van der Waals surface area contributed by atoms with E-state index in [1.807, 2.05) is 13.0 Å². The van der Waals surface area contributed by atoms with E-state index in [0.717, 1.165) is 5.56 Å². The second-order valence-electron chi connectivity index (χ2n) is 4.59. The monoisotopic (exact) mass is 302 g/mol. The summed E-state index contributed by atoms with van der Waals surface area (Å²) < 4.78 is 18.3. The summed E-state index contributed by atoms with van der Waals surface area (Å²) in [5.41, 5.74) is 5.83. The molecular formula is C16H15FN2O3. The molecule has 2 amide bonds. The van der Waals surface area contributed by atoms with E-state index in [2.05, 4.69) is 10.9 Å². The van der Waals surface area contributed by atoms with Gasteiger partial charge in [0.15, 0.2) is 18.2 Å². The van der Waals surface area contributed by atoms with Crippen molar-refractivity contribution in [2.24, 2.45) is 0 Å². The Kier molecular flexibility index (Phi) is 5.08. The molecule has 2 aromatic carbocycles. The molecule has 2 aromatic rings. The van der Waals surface area contributed by atoms with Crippen LogP contribution in [-0.4, -0.2) is 18.4 Å². The molecule has 114 valence electrons. The zero-order chi connectivity index (χ0) is 15.9. The molecule has 0 fully saturated rings. The van der Waals surface area contributed by atoms with Gasteiger partial charge >= 0.3 is 0 Å². The van der Waals surface area contributed by atoms with Crippen molar-refractivity contribution >= 4 is 11.8 Å². The maximum absolute atomic E-state index is 13.3. The molecule has 0 saturated carbocycles. The Morgan fingerprint density at radius 1 is 1.09 bits per heavy atom. The largest absolute Gasteiger partial charge is 0.481 e. The number of amides is 2. The second kappa shape index (κ2) is 7.21. The van der Waals surface area contributed by atoms with Crippen molar-refractivity contribution in [3.63, 3.8) is 0 Å². The van der Waals surface area contributed by atoms with E-state index >= 15 is 0 Å². The molecule has 0 atom stereocenters. The van der Waals surface area contributed by atoms with E-state index in [-0.39, 0.29) is 5.75 Å². The van der Waals surface area contributed by atoms with Crippen LogP contribution in [0.4, 0.5) is 4.39 Å². The van der Waals surface area contributed by atoms with Crippen molar-refractivity contribution in [2.75, 3.05) is 6.61 Å². The topological polar surface area (TPSA) is 67.4 Å². The third kappa shape index (κ3) is 4.31. The molecule has 0 spiro atoms. The third-order valence-corrected chi connectivity index (χ3v) is 2.79. The lowest BCUT2D eigenvalue weighted by atomic mass is 10.1. The highest BCUT2D eigenvalue weighted by atomic mass is 19.1. The molecule has 0 saturated heterocycles. The first-order valence-corrected chi connectivity index (χ1v) is 6.59. The molecule has 0 unspecified atom stereocenters. The van der Waals surface area contributed by atoms with Gasteiger partial charge < -0.3 is 4.74 Å². The summed E-state index contributed by atoms with van der Waals surface area (Å²) in [5.74, 6) is -1.62. The van der Waals surface area contributed by atoms with Crippen molar-refractivity contribution in [3.8, 4) is 5.75 Å². The van der Waals surface area contributed by atoms with Crippen LogP contribution in [0.1, 0.15) is 15.9 Å². The number of hydrogen-bond acceptors (Lipinski definition) is 3. The number of hydrazine groups is 1. The van der Waals surface area contributed by atoms with Gasteiger partial charge in [0, 0.05) is 5.56 Å². The highest BCUT2D eigenvalue weighted by Crippen LogP contribution is 2.14. The van der Waals surface area contributed by atoms with Crippen LogP contribution in [0.3, 0.4) is 0 Å². The van der Waals surface area contributed by atoms with Gasteiger partial charge in [0.05, 0.1) is 0 Å². The Morgan fingerprint density at radius 3 is 2.59 bits per heavy atom. The van der Waals surface area contributed by atoms with Gasteiger partial charge in [-0.05, 0) is 31.2 Å². The minimum atomic E-state index is -0.593. The number of rotatable bonds is 4. The first-order chi connectivity index (χ1) is 10.6. The minimum Gasteiger partial charge on any atom is -0.481 e. The van der Waals surface area contributed by atoms with Crippen LogP contribution in [0.5, 0.6) is 5.75 Å². The maximum Gasteiger partial charge on any atom is 0.276 e. The van der Waals surface area contributed by atoms with Gasteiger partial charge in [-0.2, -0.15) is 0 Å². The van der Waals surface area contributed by atoms with Crippen molar-refractivity contribution in [1.29, 1.82) is 0 Å². The lowest BCUT2D eigenvalue weighted by molar-refractivity contribution is -0.123. The Morgan fingerprint density at radius 2 is 1.86 bits per heavy atom. The molecule has 0 aliphatic carbocycles. The van der Waals surface area contributed by atoms with Crippen molar-refractivity contribution in [1.82, 2.24) is 10.9 Å². The lowest BCUT2D eigenvalue weighted by Gasteiger charge is -2.09. The molecule has 0 radical (unpaired) electrons. The van der Waals surface area contributed by atoms with Gasteiger partial charge in [-0.15, -0.1) is 0 Å². The van der Waals surface area contributed by atoms with Crippen molar-refractivity contribution in [2.45, 2.75) is 6.92 Å². The zero-order valence-corrected chi connectivity index (χ0v) is 11.9. The number of carbonyl (C=O) groups excluding carboxylic acids is 2. The van der Waals surface area contributed by atoms with Crippen molar-refractivity contribution in [3.05, 3.63) is 65.5 Å². The molecule has 0 aliphatic heterocycles. The third-order valence-electron chi connectivity index (χ3n) is 2.79. The highest BCUT2D eigenvalue weighted by molar-refractivity contribution is 5.95. The van der Waals surface area contributed by atoms with Crippen LogP contribution in [0, 0.1) is 12.7 Å². The van der Waals surface area contributed by atoms with Gasteiger partial charge in [-0.25, -0.2) is 4.39 Å². The fraction of sp³-hybridized carbons (Fsp3) is 0.125. The first kappa shape index (κ1) is 15.5. The van der Waals surface area contributed by atoms with Gasteiger partial charge in [0.25, 0.3) is 11.8 Å². The van der Waals surface area contributed by atoms with Gasteiger partial charge in [-0.1, -0.05) is 29.8 Å². The van der Waals surface area contributed by atoms with Gasteiger partial charge in [0.2, 0.25) is 0 Å². The normalized spacial score (nSPS) is 9.91. The standard InChI is InChI=1S/C16H15FN2O3/c1-11-5-4-6-12(9-11)16(21)19-18-15(20)10-22-14-8-3-2-7-13(14)17/h2-9H,10H2,1H3,(H,18,20)(H,19,21). The van der Waals surface area contributed by atoms with E-state index in [0.29, 0.717) is 5.56 Å². The molecule has 2 rings (SSSR count). The summed E-state index contributed by atoms with van der Waals surface area (Å²) in [4.78, 5) is 23.4. The summed E-state index contributed by atoms with van der Waals surface area (Å²) in [6, 6.07) is 12.7. The number of benzene rings is 2. The van der Waals surface area contributed by atoms with E-state index < -0.39 is 24.2 Å². The predicted molar refractivity (Wildman–Crippen MR) is 78.7 cm³/mol. The highest BCUT2D eigenvalue weighted by Gasteiger charge is 2.09. The molecular weight excluding hydrogens is 287 g/mol. The first-order valence-electron chi connectivity index (χ1n) is 6.59. The summed E-state index contributed by atoms with van der Waals surface area (Å²) in [6.07, 6.45) is 0. The Labute approximate surface area is 127 Å². The number of hydrogen-bond donors (Lipinski definition) is 2. The maximum atomic E-state index is 13.3. The van der Waals surface area contributed by atoms with E-state index in [1.165, 1.54) is 18.2 Å². The molecule has 0 aromatic heterocycles. The molecule has 6 heteroatoms. The van der Waals surface area contributed by atoms with Crippen molar-refractivity contribution < 1.29 is 18.7 Å². The van der Waals surface area contributed by atoms with E-state index in [9.17, 15) is 14.0 Å².